The number of nitrogens with one attached hydrogen (secondary N) is 1. The van der Waals surface area contributed by atoms with E-state index in [9.17, 15) is 5.26 Å². The Morgan fingerprint density at radius 1 is 1.42 bits per heavy atom. The molecule has 0 amide bonds. The molecule has 19 heavy (non-hydrogen) atoms. The third-order valence-electron chi connectivity index (χ3n) is 3.86. The van der Waals surface area contributed by atoms with Gasteiger partial charge in [-0.2, -0.15) is 5.26 Å². The summed E-state index contributed by atoms with van der Waals surface area (Å²) in [7, 11) is 2.00. The molecule has 4 heteroatoms. The number of piperidine rings is 1. The van der Waals surface area contributed by atoms with E-state index in [1.54, 1.807) is 6.07 Å². The number of hydrogen-bond acceptors (Lipinski definition) is 3. The molecule has 3 nitrogen and oxygen atoms in total. The fourth-order valence-electron chi connectivity index (χ4n) is 2.70. The number of nitriles is 1. The summed E-state index contributed by atoms with van der Waals surface area (Å²) in [5.41, 5.74) is 1.60. The summed E-state index contributed by atoms with van der Waals surface area (Å²) in [4.78, 5) is 2.29. The van der Waals surface area contributed by atoms with Gasteiger partial charge in [0.05, 0.1) is 16.3 Å². The first kappa shape index (κ1) is 14.2. The van der Waals surface area contributed by atoms with E-state index in [0.717, 1.165) is 31.2 Å². The fourth-order valence-corrected chi connectivity index (χ4v) is 2.91. The normalized spacial score (nSPS) is 16.4. The standard InChI is InChI=1S/C15H20ClN3/c1-18-8-5-12-6-9-19(10-7-12)15-4-2-3-14(16)13(15)11-17/h2-4,12,18H,5-10H2,1H3. The molecule has 0 atom stereocenters. The van der Waals surface area contributed by atoms with Gasteiger partial charge in [0.2, 0.25) is 0 Å². The summed E-state index contributed by atoms with van der Waals surface area (Å²) < 4.78 is 0. The summed E-state index contributed by atoms with van der Waals surface area (Å²) >= 11 is 6.09. The number of hydrogen-bond donors (Lipinski definition) is 1. The number of nitrogens with zero attached hydrogens (tertiary/aromatic N) is 2. The molecule has 1 aliphatic rings. The van der Waals surface area contributed by atoms with Gasteiger partial charge in [-0.15, -0.1) is 0 Å². The molecular formula is C15H20ClN3. The van der Waals surface area contributed by atoms with Gasteiger partial charge in [0.1, 0.15) is 6.07 Å². The van der Waals surface area contributed by atoms with Crippen LogP contribution in [0.15, 0.2) is 18.2 Å². The topological polar surface area (TPSA) is 39.1 Å². The van der Waals surface area contributed by atoms with Crippen molar-refractivity contribution in [2.75, 3.05) is 31.6 Å². The van der Waals surface area contributed by atoms with Crippen LogP contribution in [0.5, 0.6) is 0 Å². The van der Waals surface area contributed by atoms with Crippen molar-refractivity contribution in [1.82, 2.24) is 5.32 Å². The minimum Gasteiger partial charge on any atom is -0.370 e. The van der Waals surface area contributed by atoms with Crippen molar-refractivity contribution in [2.24, 2.45) is 5.92 Å². The highest BCUT2D eigenvalue weighted by Gasteiger charge is 2.21. The lowest BCUT2D eigenvalue weighted by Gasteiger charge is -2.34. The maximum atomic E-state index is 9.23. The maximum absolute atomic E-state index is 9.23. The third-order valence-corrected chi connectivity index (χ3v) is 4.18. The quantitative estimate of drug-likeness (QED) is 0.919. The average molecular weight is 278 g/mol. The number of anilines is 1. The largest absolute Gasteiger partial charge is 0.370 e. The Morgan fingerprint density at radius 2 is 2.16 bits per heavy atom. The van der Waals surface area contributed by atoms with E-state index in [1.807, 2.05) is 19.2 Å². The molecule has 1 fully saturated rings. The van der Waals surface area contributed by atoms with Crippen molar-refractivity contribution in [3.05, 3.63) is 28.8 Å². The van der Waals surface area contributed by atoms with E-state index in [-0.39, 0.29) is 0 Å². The Kier molecular flexibility index (Phi) is 5.07. The van der Waals surface area contributed by atoms with Crippen molar-refractivity contribution in [1.29, 1.82) is 5.26 Å². The van der Waals surface area contributed by atoms with E-state index < -0.39 is 0 Å². The Hall–Kier alpha value is -1.24. The number of halogens is 1. The first-order chi connectivity index (χ1) is 9.26. The van der Waals surface area contributed by atoms with E-state index in [2.05, 4.69) is 16.3 Å². The molecule has 1 aliphatic heterocycles. The van der Waals surface area contributed by atoms with Gasteiger partial charge in [0, 0.05) is 13.1 Å². The monoisotopic (exact) mass is 277 g/mol. The van der Waals surface area contributed by atoms with E-state index in [0.29, 0.717) is 10.6 Å². The minimum atomic E-state index is 0.553. The van der Waals surface area contributed by atoms with Crippen molar-refractivity contribution in [3.63, 3.8) is 0 Å². The van der Waals surface area contributed by atoms with Crippen LogP contribution < -0.4 is 10.2 Å². The summed E-state index contributed by atoms with van der Waals surface area (Å²) in [6.45, 7) is 3.12. The molecule has 1 N–H and O–H groups in total. The highest BCUT2D eigenvalue weighted by atomic mass is 35.5. The van der Waals surface area contributed by atoms with Crippen LogP contribution in [0.25, 0.3) is 0 Å². The fraction of sp³-hybridized carbons (Fsp3) is 0.533. The van der Waals surface area contributed by atoms with Gasteiger partial charge in [-0.1, -0.05) is 17.7 Å². The van der Waals surface area contributed by atoms with Crippen molar-refractivity contribution < 1.29 is 0 Å². The molecule has 102 valence electrons. The second-order valence-corrected chi connectivity index (χ2v) is 5.48. The molecule has 1 heterocycles. The Labute approximate surface area is 120 Å². The molecule has 0 unspecified atom stereocenters. The van der Waals surface area contributed by atoms with Gasteiger partial charge in [-0.3, -0.25) is 0 Å². The zero-order valence-corrected chi connectivity index (χ0v) is 12.1. The van der Waals surface area contributed by atoms with Crippen LogP contribution in [-0.2, 0) is 0 Å². The van der Waals surface area contributed by atoms with Gasteiger partial charge < -0.3 is 10.2 Å². The Balaban J connectivity index is 2.02. The lowest BCUT2D eigenvalue weighted by atomic mass is 9.93. The van der Waals surface area contributed by atoms with E-state index >= 15 is 0 Å². The summed E-state index contributed by atoms with van der Waals surface area (Å²) in [5.74, 6) is 0.799. The van der Waals surface area contributed by atoms with Gasteiger partial charge in [-0.05, 0) is 50.9 Å². The Bertz CT molecular complexity index is 459. The molecule has 0 radical (unpaired) electrons. The van der Waals surface area contributed by atoms with Crippen LogP contribution in [0, 0.1) is 17.2 Å². The van der Waals surface area contributed by atoms with Crippen LogP contribution in [0.3, 0.4) is 0 Å². The zero-order valence-electron chi connectivity index (χ0n) is 11.3. The van der Waals surface area contributed by atoms with Crippen LogP contribution in [0.4, 0.5) is 5.69 Å². The highest BCUT2D eigenvalue weighted by Crippen LogP contribution is 2.30. The van der Waals surface area contributed by atoms with Crippen molar-refractivity contribution in [3.8, 4) is 6.07 Å². The molecular weight excluding hydrogens is 258 g/mol. The van der Waals surface area contributed by atoms with Crippen LogP contribution in [0.2, 0.25) is 5.02 Å². The predicted molar refractivity (Wildman–Crippen MR) is 79.6 cm³/mol. The summed E-state index contributed by atoms with van der Waals surface area (Å²) in [6, 6.07) is 7.92. The number of rotatable bonds is 4. The lowest BCUT2D eigenvalue weighted by molar-refractivity contribution is 0.378. The average Bonchev–Trinajstić information content (AvgIpc) is 2.45. The Morgan fingerprint density at radius 3 is 2.79 bits per heavy atom. The molecule has 1 aromatic rings. The van der Waals surface area contributed by atoms with Crippen LogP contribution >= 0.6 is 11.6 Å². The molecule has 0 aromatic heterocycles. The minimum absolute atomic E-state index is 0.553. The molecule has 1 saturated heterocycles. The predicted octanol–water partition coefficient (Wildman–Crippen LogP) is 3.04. The van der Waals surface area contributed by atoms with Crippen LogP contribution in [0.1, 0.15) is 24.8 Å². The second-order valence-electron chi connectivity index (χ2n) is 5.07. The van der Waals surface area contributed by atoms with Gasteiger partial charge in [0.25, 0.3) is 0 Å². The summed E-state index contributed by atoms with van der Waals surface area (Å²) in [5, 5.41) is 13.0. The SMILES string of the molecule is CNCCC1CCN(c2cccc(Cl)c2C#N)CC1. The zero-order chi connectivity index (χ0) is 13.7. The smallest absolute Gasteiger partial charge is 0.103 e. The molecule has 0 aliphatic carbocycles. The molecule has 0 bridgehead atoms. The third kappa shape index (κ3) is 3.40. The number of benzene rings is 1. The van der Waals surface area contributed by atoms with Crippen LogP contribution in [-0.4, -0.2) is 26.7 Å². The molecule has 1 aromatic carbocycles. The second kappa shape index (κ2) is 6.79. The molecule has 0 spiro atoms. The van der Waals surface area contributed by atoms with E-state index in [4.69, 9.17) is 11.6 Å². The van der Waals surface area contributed by atoms with Crippen molar-refractivity contribution in [2.45, 2.75) is 19.3 Å². The maximum Gasteiger partial charge on any atom is 0.103 e. The van der Waals surface area contributed by atoms with Gasteiger partial charge >= 0.3 is 0 Å². The highest BCUT2D eigenvalue weighted by molar-refractivity contribution is 6.32. The van der Waals surface area contributed by atoms with Crippen molar-refractivity contribution >= 4 is 17.3 Å². The summed E-state index contributed by atoms with van der Waals surface area (Å²) in [6.07, 6.45) is 3.63. The molecule has 2 rings (SSSR count). The first-order valence-corrected chi connectivity index (χ1v) is 7.22. The van der Waals surface area contributed by atoms with Gasteiger partial charge in [-0.25, -0.2) is 0 Å². The lowest BCUT2D eigenvalue weighted by Crippen LogP contribution is -2.35. The van der Waals surface area contributed by atoms with Gasteiger partial charge in [0.15, 0.2) is 0 Å². The first-order valence-electron chi connectivity index (χ1n) is 6.84. The van der Waals surface area contributed by atoms with E-state index in [1.165, 1.54) is 19.3 Å². The molecule has 0 saturated carbocycles.